The van der Waals surface area contributed by atoms with Crippen LogP contribution >= 0.6 is 0 Å². The zero-order valence-electron chi connectivity index (χ0n) is 12.1. The van der Waals surface area contributed by atoms with Gasteiger partial charge in [-0.1, -0.05) is 69.9 Å². The monoisotopic (exact) mass is 224 g/mol. The molecule has 0 radical (unpaired) electrons. The highest BCUT2D eigenvalue weighted by atomic mass is 14.0. The highest BCUT2D eigenvalue weighted by Gasteiger charge is 1.96. The van der Waals surface area contributed by atoms with E-state index in [9.17, 15) is 0 Å². The minimum atomic E-state index is 1.23. The van der Waals surface area contributed by atoms with E-state index in [1.807, 2.05) is 0 Å². The molecular formula is C16H32. The fraction of sp³-hybridized carbons (Fsp3) is 0.875. The highest BCUT2D eigenvalue weighted by Crippen LogP contribution is 2.16. The van der Waals surface area contributed by atoms with Crippen LogP contribution in [0, 0.1) is 0 Å². The Bertz CT molecular complexity index is 176. The summed E-state index contributed by atoms with van der Waals surface area (Å²) in [7, 11) is 0. The second kappa shape index (κ2) is 11.2. The van der Waals surface area contributed by atoms with Crippen LogP contribution < -0.4 is 0 Å². The van der Waals surface area contributed by atoms with Crippen LogP contribution in [0.1, 0.15) is 91.9 Å². The van der Waals surface area contributed by atoms with E-state index in [1.54, 1.807) is 11.1 Å². The molecule has 0 aliphatic heterocycles. The third-order valence-corrected chi connectivity index (χ3v) is 3.66. The van der Waals surface area contributed by atoms with Crippen molar-refractivity contribution in [3.05, 3.63) is 11.1 Å². The Kier molecular flexibility index (Phi) is 11.0. The largest absolute Gasteiger partial charge is 0.0747 e. The molecule has 0 nitrogen and oxygen atoms in total. The van der Waals surface area contributed by atoms with E-state index in [1.165, 1.54) is 64.2 Å². The molecule has 0 saturated carbocycles. The lowest BCUT2D eigenvalue weighted by molar-refractivity contribution is 0.574. The van der Waals surface area contributed by atoms with Gasteiger partial charge in [-0.2, -0.15) is 0 Å². The van der Waals surface area contributed by atoms with Gasteiger partial charge in [-0.3, -0.25) is 0 Å². The van der Waals surface area contributed by atoms with Gasteiger partial charge in [0.1, 0.15) is 0 Å². The summed E-state index contributed by atoms with van der Waals surface area (Å²) in [5.74, 6) is 0. The van der Waals surface area contributed by atoms with Crippen LogP contribution in [-0.2, 0) is 0 Å². The van der Waals surface area contributed by atoms with E-state index in [0.29, 0.717) is 0 Å². The van der Waals surface area contributed by atoms with Crippen LogP contribution in [0.5, 0.6) is 0 Å². The van der Waals surface area contributed by atoms with Gasteiger partial charge in [0.15, 0.2) is 0 Å². The second-order valence-corrected chi connectivity index (χ2v) is 5.14. The topological polar surface area (TPSA) is 0 Å². The van der Waals surface area contributed by atoms with Crippen molar-refractivity contribution in [2.24, 2.45) is 0 Å². The number of hydrogen-bond acceptors (Lipinski definition) is 0. The molecule has 96 valence electrons. The molecule has 0 aromatic heterocycles. The second-order valence-electron chi connectivity index (χ2n) is 5.14. The number of rotatable bonds is 10. The van der Waals surface area contributed by atoms with Crippen molar-refractivity contribution >= 4 is 0 Å². The number of allylic oxidation sites excluding steroid dienone is 2. The summed E-state index contributed by atoms with van der Waals surface area (Å²) < 4.78 is 0. The van der Waals surface area contributed by atoms with Crippen molar-refractivity contribution < 1.29 is 0 Å². The molecule has 0 aromatic carbocycles. The first-order valence-corrected chi connectivity index (χ1v) is 7.37. The van der Waals surface area contributed by atoms with Gasteiger partial charge in [0.25, 0.3) is 0 Å². The maximum Gasteiger partial charge on any atom is -0.0320 e. The molecular weight excluding hydrogens is 192 g/mol. The fourth-order valence-corrected chi connectivity index (χ4v) is 2.04. The Morgan fingerprint density at radius 2 is 1.12 bits per heavy atom. The Balaban J connectivity index is 3.27. The molecule has 0 saturated heterocycles. The maximum atomic E-state index is 2.31. The molecule has 0 heterocycles. The third-order valence-electron chi connectivity index (χ3n) is 3.66. The average Bonchev–Trinajstić information content (AvgIpc) is 2.31. The molecule has 0 fully saturated rings. The Morgan fingerprint density at radius 1 is 0.625 bits per heavy atom. The standard InChI is InChI=1S/C16H32/c1-5-7-8-9-10-11-12-13-14-16(4)15(3)6-2/h5-14H2,1-4H3/b16-15-. The third kappa shape index (κ3) is 9.00. The van der Waals surface area contributed by atoms with Crippen LogP contribution in [0.25, 0.3) is 0 Å². The summed E-state index contributed by atoms with van der Waals surface area (Å²) in [6.45, 7) is 9.12. The molecule has 0 atom stereocenters. The summed E-state index contributed by atoms with van der Waals surface area (Å²) in [4.78, 5) is 0. The first-order valence-electron chi connectivity index (χ1n) is 7.37. The van der Waals surface area contributed by atoms with Crippen molar-refractivity contribution in [2.75, 3.05) is 0 Å². The Morgan fingerprint density at radius 3 is 1.62 bits per heavy atom. The normalized spacial score (nSPS) is 12.8. The Hall–Kier alpha value is -0.260. The summed E-state index contributed by atoms with van der Waals surface area (Å²) >= 11 is 0. The van der Waals surface area contributed by atoms with E-state index in [-0.39, 0.29) is 0 Å². The minimum Gasteiger partial charge on any atom is -0.0747 e. The predicted molar refractivity (Wildman–Crippen MR) is 75.9 cm³/mol. The molecule has 0 amide bonds. The smallest absolute Gasteiger partial charge is 0.0320 e. The minimum absolute atomic E-state index is 1.23. The van der Waals surface area contributed by atoms with Crippen molar-refractivity contribution in [2.45, 2.75) is 91.9 Å². The lowest BCUT2D eigenvalue weighted by Gasteiger charge is -2.06. The van der Waals surface area contributed by atoms with Crippen LogP contribution in [0.4, 0.5) is 0 Å². The first-order chi connectivity index (χ1) is 7.72. The average molecular weight is 224 g/mol. The number of hydrogen-bond donors (Lipinski definition) is 0. The van der Waals surface area contributed by atoms with Gasteiger partial charge in [-0.25, -0.2) is 0 Å². The molecule has 0 heteroatoms. The quantitative estimate of drug-likeness (QED) is 0.303. The van der Waals surface area contributed by atoms with Gasteiger partial charge in [-0.15, -0.1) is 0 Å². The molecule has 0 aliphatic carbocycles. The van der Waals surface area contributed by atoms with Crippen molar-refractivity contribution in [3.8, 4) is 0 Å². The molecule has 0 N–H and O–H groups in total. The molecule has 16 heavy (non-hydrogen) atoms. The molecule has 0 aliphatic rings. The van der Waals surface area contributed by atoms with E-state index in [2.05, 4.69) is 27.7 Å². The van der Waals surface area contributed by atoms with Crippen molar-refractivity contribution in [1.29, 1.82) is 0 Å². The van der Waals surface area contributed by atoms with Gasteiger partial charge in [0.2, 0.25) is 0 Å². The molecule has 0 bridgehead atoms. The molecule has 0 aromatic rings. The van der Waals surface area contributed by atoms with Crippen LogP contribution in [0.3, 0.4) is 0 Å². The van der Waals surface area contributed by atoms with Crippen LogP contribution in [0.15, 0.2) is 11.1 Å². The lowest BCUT2D eigenvalue weighted by Crippen LogP contribution is -1.85. The van der Waals surface area contributed by atoms with E-state index in [4.69, 9.17) is 0 Å². The summed E-state index contributed by atoms with van der Waals surface area (Å²) in [5, 5.41) is 0. The van der Waals surface area contributed by atoms with Gasteiger partial charge < -0.3 is 0 Å². The molecule has 0 unspecified atom stereocenters. The first kappa shape index (κ1) is 15.7. The Labute approximate surface area is 104 Å². The van der Waals surface area contributed by atoms with E-state index >= 15 is 0 Å². The molecule has 0 rings (SSSR count). The zero-order valence-corrected chi connectivity index (χ0v) is 12.1. The zero-order chi connectivity index (χ0) is 12.2. The van der Waals surface area contributed by atoms with E-state index < -0.39 is 0 Å². The van der Waals surface area contributed by atoms with Gasteiger partial charge in [-0.05, 0) is 33.1 Å². The number of unbranched alkanes of at least 4 members (excludes halogenated alkanes) is 7. The van der Waals surface area contributed by atoms with Crippen LogP contribution in [0.2, 0.25) is 0 Å². The fourth-order valence-electron chi connectivity index (χ4n) is 2.04. The predicted octanol–water partition coefficient (Wildman–Crippen LogP) is 6.26. The highest BCUT2D eigenvalue weighted by molar-refractivity contribution is 5.08. The van der Waals surface area contributed by atoms with Gasteiger partial charge in [0.05, 0.1) is 0 Å². The van der Waals surface area contributed by atoms with Gasteiger partial charge >= 0.3 is 0 Å². The molecule has 0 spiro atoms. The maximum absolute atomic E-state index is 2.31. The van der Waals surface area contributed by atoms with E-state index in [0.717, 1.165) is 0 Å². The summed E-state index contributed by atoms with van der Waals surface area (Å²) in [6, 6.07) is 0. The van der Waals surface area contributed by atoms with Crippen molar-refractivity contribution in [1.82, 2.24) is 0 Å². The lowest BCUT2D eigenvalue weighted by atomic mass is 10.0. The van der Waals surface area contributed by atoms with Crippen LogP contribution in [-0.4, -0.2) is 0 Å². The summed E-state index contributed by atoms with van der Waals surface area (Å²) in [6.07, 6.45) is 14.0. The van der Waals surface area contributed by atoms with Gasteiger partial charge in [0, 0.05) is 0 Å². The van der Waals surface area contributed by atoms with Crippen molar-refractivity contribution in [3.63, 3.8) is 0 Å². The summed E-state index contributed by atoms with van der Waals surface area (Å²) in [5.41, 5.74) is 3.23. The SMILES string of the molecule is CCCCCCCCCC/C(C)=C(/C)CC.